The maximum Gasteiger partial charge on any atom is 0.194 e. The quantitative estimate of drug-likeness (QED) is 0.615. The fourth-order valence-electron chi connectivity index (χ4n) is 2.08. The highest BCUT2D eigenvalue weighted by atomic mass is 32.2. The molecule has 124 valence electrons. The van der Waals surface area contributed by atoms with Crippen LogP contribution in [0.2, 0.25) is 0 Å². The number of rotatable bonds is 4. The van der Waals surface area contributed by atoms with Gasteiger partial charge in [-0.15, -0.1) is 0 Å². The molecule has 0 aromatic carbocycles. The monoisotopic (exact) mass is 319 g/mol. The molecule has 7 heteroatoms. The van der Waals surface area contributed by atoms with Gasteiger partial charge in [0, 0.05) is 26.7 Å². The van der Waals surface area contributed by atoms with Crippen LogP contribution in [0.4, 0.5) is 0 Å². The molecule has 0 saturated carbocycles. The first-order valence-corrected chi connectivity index (χ1v) is 9.00. The van der Waals surface area contributed by atoms with E-state index in [1.807, 2.05) is 25.7 Å². The van der Waals surface area contributed by atoms with Gasteiger partial charge in [0.1, 0.15) is 0 Å². The first-order chi connectivity index (χ1) is 9.54. The van der Waals surface area contributed by atoms with E-state index in [-0.39, 0.29) is 11.4 Å². The van der Waals surface area contributed by atoms with E-state index in [1.54, 1.807) is 21.0 Å². The number of ether oxygens (including phenoxy) is 1. The maximum absolute atomic E-state index is 12.1. The number of hydrogen-bond acceptors (Lipinski definition) is 4. The highest BCUT2D eigenvalue weighted by Gasteiger charge is 2.41. The van der Waals surface area contributed by atoms with Gasteiger partial charge in [0.05, 0.1) is 22.6 Å². The number of aliphatic imine (C=N–C) groups is 1. The van der Waals surface area contributed by atoms with E-state index < -0.39 is 14.6 Å². The predicted molar refractivity (Wildman–Crippen MR) is 86.5 cm³/mol. The van der Waals surface area contributed by atoms with Crippen molar-refractivity contribution in [3.8, 4) is 0 Å². The third-order valence-corrected chi connectivity index (χ3v) is 6.37. The molecule has 1 heterocycles. The number of guanidine groups is 1. The van der Waals surface area contributed by atoms with Crippen LogP contribution in [0, 0.1) is 0 Å². The standard InChI is InChI=1S/C14H29N3O3S/c1-7-15-12(16-10-13(2,3)20-6)17-8-9-21(18,19)14(4,5)11-17/h7-11H2,1-6H3,(H,15,16). The summed E-state index contributed by atoms with van der Waals surface area (Å²) in [5.74, 6) is 0.920. The smallest absolute Gasteiger partial charge is 0.194 e. The highest BCUT2D eigenvalue weighted by molar-refractivity contribution is 7.92. The molecule has 1 aliphatic heterocycles. The molecule has 6 nitrogen and oxygen atoms in total. The van der Waals surface area contributed by atoms with Crippen molar-refractivity contribution in [2.45, 2.75) is 45.0 Å². The Kier molecular flexibility index (Phi) is 5.66. The molecule has 0 bridgehead atoms. The van der Waals surface area contributed by atoms with E-state index in [9.17, 15) is 8.42 Å². The number of methoxy groups -OCH3 is 1. The van der Waals surface area contributed by atoms with Crippen molar-refractivity contribution in [1.82, 2.24) is 10.2 Å². The molecule has 0 aliphatic carbocycles. The van der Waals surface area contributed by atoms with Crippen LogP contribution >= 0.6 is 0 Å². The third kappa shape index (κ3) is 4.57. The molecule has 0 aromatic rings. The zero-order valence-electron chi connectivity index (χ0n) is 14.1. The summed E-state index contributed by atoms with van der Waals surface area (Å²) >= 11 is 0. The molecular formula is C14H29N3O3S. The van der Waals surface area contributed by atoms with Crippen LogP contribution in [-0.4, -0.2) is 68.7 Å². The van der Waals surface area contributed by atoms with Crippen LogP contribution in [0.1, 0.15) is 34.6 Å². The van der Waals surface area contributed by atoms with Gasteiger partial charge in [0.15, 0.2) is 15.8 Å². The van der Waals surface area contributed by atoms with Crippen molar-refractivity contribution in [3.05, 3.63) is 0 Å². The number of sulfone groups is 1. The molecule has 1 aliphatic rings. The summed E-state index contributed by atoms with van der Waals surface area (Å²) < 4.78 is 28.8. The van der Waals surface area contributed by atoms with E-state index in [2.05, 4.69) is 10.3 Å². The van der Waals surface area contributed by atoms with E-state index in [1.165, 1.54) is 0 Å². The Labute approximate surface area is 128 Å². The summed E-state index contributed by atoms with van der Waals surface area (Å²) in [6.45, 7) is 11.7. The highest BCUT2D eigenvalue weighted by Crippen LogP contribution is 2.23. The van der Waals surface area contributed by atoms with Gasteiger partial charge in [-0.2, -0.15) is 0 Å². The molecule has 1 fully saturated rings. The number of nitrogens with one attached hydrogen (secondary N) is 1. The van der Waals surface area contributed by atoms with Gasteiger partial charge in [0.25, 0.3) is 0 Å². The minimum atomic E-state index is -3.04. The zero-order valence-corrected chi connectivity index (χ0v) is 14.9. The van der Waals surface area contributed by atoms with Crippen LogP contribution < -0.4 is 5.32 Å². The Balaban J connectivity index is 2.90. The molecule has 0 radical (unpaired) electrons. The van der Waals surface area contributed by atoms with Crippen molar-refractivity contribution in [3.63, 3.8) is 0 Å². The van der Waals surface area contributed by atoms with E-state index in [0.29, 0.717) is 19.6 Å². The summed E-state index contributed by atoms with van der Waals surface area (Å²) in [7, 11) is -1.37. The van der Waals surface area contributed by atoms with Gasteiger partial charge in [-0.25, -0.2) is 8.42 Å². The van der Waals surface area contributed by atoms with Crippen molar-refractivity contribution >= 4 is 15.8 Å². The van der Waals surface area contributed by atoms with Crippen molar-refractivity contribution in [1.29, 1.82) is 0 Å². The predicted octanol–water partition coefficient (Wildman–Crippen LogP) is 0.886. The maximum atomic E-state index is 12.1. The second kappa shape index (κ2) is 6.52. The molecule has 0 atom stereocenters. The summed E-state index contributed by atoms with van der Waals surface area (Å²) in [6.07, 6.45) is 0. The first kappa shape index (κ1) is 18.2. The molecule has 1 rings (SSSR count). The minimum Gasteiger partial charge on any atom is -0.377 e. The van der Waals surface area contributed by atoms with Gasteiger partial charge < -0.3 is 15.0 Å². The van der Waals surface area contributed by atoms with Gasteiger partial charge in [-0.05, 0) is 34.6 Å². The largest absolute Gasteiger partial charge is 0.377 e. The fourth-order valence-corrected chi connectivity index (χ4v) is 3.45. The lowest BCUT2D eigenvalue weighted by Crippen LogP contribution is -2.57. The number of hydrogen-bond donors (Lipinski definition) is 1. The van der Waals surface area contributed by atoms with Crippen LogP contribution in [0.25, 0.3) is 0 Å². The Hall–Kier alpha value is -0.820. The molecule has 1 N–H and O–H groups in total. The Morgan fingerprint density at radius 1 is 1.43 bits per heavy atom. The lowest BCUT2D eigenvalue weighted by molar-refractivity contribution is 0.0308. The SMILES string of the molecule is CCNC(=NCC(C)(C)OC)N1CCS(=O)(=O)C(C)(C)C1. The lowest BCUT2D eigenvalue weighted by Gasteiger charge is -2.39. The normalized spacial score (nSPS) is 22.2. The van der Waals surface area contributed by atoms with Crippen LogP contribution in [0.15, 0.2) is 4.99 Å². The van der Waals surface area contributed by atoms with Crippen LogP contribution in [0.3, 0.4) is 0 Å². The molecule has 0 amide bonds. The van der Waals surface area contributed by atoms with Gasteiger partial charge in [-0.1, -0.05) is 0 Å². The van der Waals surface area contributed by atoms with Crippen molar-refractivity contribution in [2.24, 2.45) is 4.99 Å². The second-order valence-electron chi connectivity index (χ2n) is 6.63. The van der Waals surface area contributed by atoms with Gasteiger partial charge in [0.2, 0.25) is 0 Å². The van der Waals surface area contributed by atoms with E-state index in [4.69, 9.17) is 4.74 Å². The average molecular weight is 319 g/mol. The molecular weight excluding hydrogens is 290 g/mol. The minimum absolute atomic E-state index is 0.165. The third-order valence-electron chi connectivity index (χ3n) is 3.84. The molecule has 21 heavy (non-hydrogen) atoms. The van der Waals surface area contributed by atoms with Crippen molar-refractivity contribution < 1.29 is 13.2 Å². The van der Waals surface area contributed by atoms with Crippen LogP contribution in [-0.2, 0) is 14.6 Å². The summed E-state index contributed by atoms with van der Waals surface area (Å²) in [5, 5.41) is 3.24. The lowest BCUT2D eigenvalue weighted by atomic mass is 10.1. The topological polar surface area (TPSA) is 71.0 Å². The summed E-state index contributed by atoms with van der Waals surface area (Å²) in [6, 6.07) is 0. The Morgan fingerprint density at radius 3 is 2.52 bits per heavy atom. The first-order valence-electron chi connectivity index (χ1n) is 7.35. The zero-order chi connectivity index (χ0) is 16.3. The molecule has 0 aromatic heterocycles. The van der Waals surface area contributed by atoms with Gasteiger partial charge in [-0.3, -0.25) is 4.99 Å². The van der Waals surface area contributed by atoms with Gasteiger partial charge >= 0.3 is 0 Å². The van der Waals surface area contributed by atoms with E-state index in [0.717, 1.165) is 12.5 Å². The number of nitrogens with zero attached hydrogens (tertiary/aromatic N) is 2. The second-order valence-corrected chi connectivity index (χ2v) is 9.38. The summed E-state index contributed by atoms with van der Waals surface area (Å²) in [5.41, 5.74) is -0.335. The molecule has 0 spiro atoms. The Morgan fingerprint density at radius 2 is 2.05 bits per heavy atom. The fraction of sp³-hybridized carbons (Fsp3) is 0.929. The summed E-state index contributed by atoms with van der Waals surface area (Å²) in [4.78, 5) is 6.63. The van der Waals surface area contributed by atoms with Crippen molar-refractivity contribution in [2.75, 3.05) is 39.0 Å². The Bertz CT molecular complexity index is 484. The molecule has 1 saturated heterocycles. The van der Waals surface area contributed by atoms with Crippen LogP contribution in [0.5, 0.6) is 0 Å². The average Bonchev–Trinajstić information content (AvgIpc) is 2.38. The van der Waals surface area contributed by atoms with E-state index >= 15 is 0 Å². The molecule has 0 unspecified atom stereocenters.